The molecule has 0 unspecified atom stereocenters. The summed E-state index contributed by atoms with van der Waals surface area (Å²) in [5.74, 6) is 1.79. The van der Waals surface area contributed by atoms with E-state index < -0.39 is 0 Å². The summed E-state index contributed by atoms with van der Waals surface area (Å²) in [6, 6.07) is 7.72. The number of fused-ring (bicyclic) bond motifs is 1. The lowest BCUT2D eigenvalue weighted by molar-refractivity contribution is 0.161. The van der Waals surface area contributed by atoms with Crippen LogP contribution in [-0.2, 0) is 0 Å². The van der Waals surface area contributed by atoms with Crippen molar-refractivity contribution in [3.63, 3.8) is 0 Å². The van der Waals surface area contributed by atoms with Crippen LogP contribution in [0.2, 0.25) is 5.02 Å². The smallest absolute Gasteiger partial charge is 0.202 e. The van der Waals surface area contributed by atoms with E-state index in [1.165, 1.54) is 32.1 Å². The molecule has 0 bridgehead atoms. The van der Waals surface area contributed by atoms with E-state index >= 15 is 0 Å². The number of nitrogens with one attached hydrogen (secondary N) is 1. The molecular weight excluding hydrogens is 358 g/mol. The minimum absolute atomic E-state index is 0.567. The molecule has 0 amide bonds. The topological polar surface area (TPSA) is 57.7 Å². The average molecular weight is 382 g/mol. The van der Waals surface area contributed by atoms with Crippen LogP contribution in [0.3, 0.4) is 0 Å². The Morgan fingerprint density at radius 2 is 2.00 bits per heavy atom. The average Bonchev–Trinajstić information content (AvgIpc) is 3.26. The van der Waals surface area contributed by atoms with Gasteiger partial charge in [-0.05, 0) is 36.7 Å². The van der Waals surface area contributed by atoms with Gasteiger partial charge in [0.25, 0.3) is 0 Å². The van der Waals surface area contributed by atoms with Gasteiger partial charge in [-0.2, -0.15) is 5.10 Å². The van der Waals surface area contributed by atoms with Gasteiger partial charge in [-0.15, -0.1) is 0 Å². The molecule has 1 aromatic carbocycles. The van der Waals surface area contributed by atoms with Crippen molar-refractivity contribution in [2.75, 3.05) is 18.0 Å². The number of aromatic nitrogens is 4. The number of piperidine rings is 1. The van der Waals surface area contributed by atoms with Crippen LogP contribution in [0.1, 0.15) is 39.0 Å². The van der Waals surface area contributed by atoms with E-state index in [2.05, 4.69) is 27.0 Å². The summed E-state index contributed by atoms with van der Waals surface area (Å²) in [6.45, 7) is 4.56. The molecule has 2 fully saturated rings. The van der Waals surface area contributed by atoms with Crippen LogP contribution in [0, 0.1) is 11.3 Å². The first kappa shape index (κ1) is 17.0. The number of hydrogen-bond acceptors (Lipinski definition) is 4. The van der Waals surface area contributed by atoms with Crippen LogP contribution in [0.15, 0.2) is 30.5 Å². The van der Waals surface area contributed by atoms with Gasteiger partial charge in [0.15, 0.2) is 0 Å². The van der Waals surface area contributed by atoms with Crippen molar-refractivity contribution >= 4 is 28.6 Å². The van der Waals surface area contributed by atoms with E-state index in [1.807, 2.05) is 30.5 Å². The zero-order chi connectivity index (χ0) is 18.4. The summed E-state index contributed by atoms with van der Waals surface area (Å²) >= 11 is 6.34. The van der Waals surface area contributed by atoms with E-state index in [0.29, 0.717) is 16.1 Å². The Hall–Kier alpha value is -2.14. The fourth-order valence-electron chi connectivity index (χ4n) is 5.03. The Kier molecular flexibility index (Phi) is 4.08. The van der Waals surface area contributed by atoms with Gasteiger partial charge in [0.1, 0.15) is 11.3 Å². The molecular formula is C21H24ClN5. The van der Waals surface area contributed by atoms with Crippen LogP contribution in [-0.4, -0.2) is 33.3 Å². The summed E-state index contributed by atoms with van der Waals surface area (Å²) < 4.78 is 0. The largest absolute Gasteiger partial charge is 0.355 e. The van der Waals surface area contributed by atoms with Crippen LogP contribution in [0.4, 0.5) is 5.82 Å². The lowest BCUT2D eigenvalue weighted by Gasteiger charge is -2.42. The molecule has 1 saturated heterocycles. The van der Waals surface area contributed by atoms with Crippen LogP contribution < -0.4 is 4.90 Å². The Morgan fingerprint density at radius 3 is 2.74 bits per heavy atom. The summed E-state index contributed by atoms with van der Waals surface area (Å²) in [7, 11) is 0. The molecule has 5 rings (SSSR count). The van der Waals surface area contributed by atoms with Gasteiger partial charge in [0, 0.05) is 18.7 Å². The lowest BCUT2D eigenvalue weighted by Crippen LogP contribution is -2.41. The van der Waals surface area contributed by atoms with E-state index in [1.54, 1.807) is 0 Å². The fourth-order valence-corrected chi connectivity index (χ4v) is 5.26. The predicted octanol–water partition coefficient (Wildman–Crippen LogP) is 5.08. The molecule has 1 aliphatic carbocycles. The van der Waals surface area contributed by atoms with Crippen LogP contribution in [0.5, 0.6) is 0 Å². The molecule has 3 aromatic rings. The molecule has 140 valence electrons. The van der Waals surface area contributed by atoms with Gasteiger partial charge in [-0.3, -0.25) is 5.10 Å². The lowest BCUT2D eigenvalue weighted by atomic mass is 9.71. The minimum Gasteiger partial charge on any atom is -0.355 e. The highest BCUT2D eigenvalue weighted by Crippen LogP contribution is 2.50. The molecule has 1 saturated carbocycles. The van der Waals surface area contributed by atoms with Gasteiger partial charge in [-0.1, -0.05) is 49.6 Å². The molecule has 2 aliphatic rings. The van der Waals surface area contributed by atoms with Gasteiger partial charge in [0.05, 0.1) is 16.9 Å². The second-order valence-corrected chi connectivity index (χ2v) is 8.53. The van der Waals surface area contributed by atoms with Gasteiger partial charge in [-0.25, -0.2) is 9.97 Å². The monoisotopic (exact) mass is 381 g/mol. The number of H-pyrrole nitrogens is 1. The second kappa shape index (κ2) is 6.48. The zero-order valence-electron chi connectivity index (χ0n) is 15.6. The van der Waals surface area contributed by atoms with Gasteiger partial charge >= 0.3 is 0 Å². The number of nitrogens with zero attached hydrogens (tertiary/aromatic N) is 4. The Balaban J connectivity index is 1.41. The molecule has 1 aliphatic heterocycles. The fraction of sp³-hybridized carbons (Fsp3) is 0.476. The van der Waals surface area contributed by atoms with E-state index in [4.69, 9.17) is 16.6 Å². The number of anilines is 1. The number of halogens is 1. The molecule has 1 spiro atoms. The molecule has 6 heteroatoms. The third kappa shape index (κ3) is 2.80. The molecule has 1 N–H and O–H groups in total. The molecule has 2 aromatic heterocycles. The van der Waals surface area contributed by atoms with Crippen molar-refractivity contribution in [1.82, 2.24) is 20.2 Å². The molecule has 27 heavy (non-hydrogen) atoms. The first-order valence-electron chi connectivity index (χ1n) is 9.87. The zero-order valence-corrected chi connectivity index (χ0v) is 16.3. The number of aromatic amines is 1. The van der Waals surface area contributed by atoms with Crippen molar-refractivity contribution in [3.05, 3.63) is 35.5 Å². The van der Waals surface area contributed by atoms with Gasteiger partial charge in [0.2, 0.25) is 5.65 Å². The Bertz CT molecular complexity index is 974. The molecule has 5 nitrogen and oxygen atoms in total. The van der Waals surface area contributed by atoms with Crippen molar-refractivity contribution < 1.29 is 0 Å². The van der Waals surface area contributed by atoms with E-state index in [-0.39, 0.29) is 0 Å². The SMILES string of the molecule is C[C@@H]1CCCC12CCN(c1cnc3c(-c4ccccc4Cl)[nH]nc3n1)CC2. The maximum atomic E-state index is 6.34. The number of hydrogen-bond donors (Lipinski definition) is 1. The summed E-state index contributed by atoms with van der Waals surface area (Å²) in [6.07, 6.45) is 8.59. The van der Waals surface area contributed by atoms with Crippen molar-refractivity contribution in [3.8, 4) is 11.3 Å². The molecule has 1 atom stereocenters. The highest BCUT2D eigenvalue weighted by atomic mass is 35.5. The van der Waals surface area contributed by atoms with Gasteiger partial charge < -0.3 is 4.90 Å². The molecule has 0 radical (unpaired) electrons. The number of benzene rings is 1. The Labute approximate surface area is 164 Å². The first-order chi connectivity index (χ1) is 13.2. The van der Waals surface area contributed by atoms with Crippen molar-refractivity contribution in [1.29, 1.82) is 0 Å². The third-order valence-electron chi connectivity index (χ3n) is 6.84. The Morgan fingerprint density at radius 1 is 1.19 bits per heavy atom. The first-order valence-corrected chi connectivity index (χ1v) is 10.3. The summed E-state index contributed by atoms with van der Waals surface area (Å²) in [5.41, 5.74) is 3.71. The molecule has 3 heterocycles. The third-order valence-corrected chi connectivity index (χ3v) is 7.16. The highest BCUT2D eigenvalue weighted by Gasteiger charge is 2.42. The van der Waals surface area contributed by atoms with E-state index in [9.17, 15) is 0 Å². The van der Waals surface area contributed by atoms with Crippen molar-refractivity contribution in [2.24, 2.45) is 11.3 Å². The maximum absolute atomic E-state index is 6.34. The van der Waals surface area contributed by atoms with E-state index in [0.717, 1.165) is 41.6 Å². The second-order valence-electron chi connectivity index (χ2n) is 8.12. The summed E-state index contributed by atoms with van der Waals surface area (Å²) in [5, 5.41) is 8.14. The minimum atomic E-state index is 0.567. The summed E-state index contributed by atoms with van der Waals surface area (Å²) in [4.78, 5) is 11.8. The van der Waals surface area contributed by atoms with Crippen LogP contribution >= 0.6 is 11.6 Å². The predicted molar refractivity (Wildman–Crippen MR) is 109 cm³/mol. The standard InChI is InChI=1S/C21H24ClN5/c1-14-5-4-8-21(14)9-11-27(12-10-21)17-13-23-19-18(25-26-20(19)24-17)15-6-2-3-7-16(15)22/h2-3,6-7,13-14H,4-5,8-12H2,1H3,(H,24,25,26)/t14-/m1/s1. The number of rotatable bonds is 2. The maximum Gasteiger partial charge on any atom is 0.202 e. The van der Waals surface area contributed by atoms with Crippen LogP contribution in [0.25, 0.3) is 22.4 Å². The highest BCUT2D eigenvalue weighted by molar-refractivity contribution is 6.33. The quantitative estimate of drug-likeness (QED) is 0.672. The normalized spacial score (nSPS) is 22.0. The van der Waals surface area contributed by atoms with Crippen molar-refractivity contribution in [2.45, 2.75) is 39.0 Å².